The highest BCUT2D eigenvalue weighted by atomic mass is 19.4. The van der Waals surface area contributed by atoms with Gasteiger partial charge in [-0.1, -0.05) is 0 Å². The average molecular weight is 510 g/mol. The molecule has 190 valence electrons. The molecule has 1 aliphatic heterocycles. The molecule has 6 nitrogen and oxygen atoms in total. The number of alkyl halides is 6. The maximum atomic E-state index is 13.5. The highest BCUT2D eigenvalue weighted by Crippen LogP contribution is 2.48. The van der Waals surface area contributed by atoms with Crippen molar-refractivity contribution in [2.75, 3.05) is 5.73 Å². The highest BCUT2D eigenvalue weighted by molar-refractivity contribution is 5.99. The zero-order valence-corrected chi connectivity index (χ0v) is 18.8. The maximum Gasteiger partial charge on any atom is 0.417 e. The molecule has 5 rings (SSSR count). The van der Waals surface area contributed by atoms with Gasteiger partial charge in [-0.25, -0.2) is 4.98 Å². The summed E-state index contributed by atoms with van der Waals surface area (Å²) in [4.78, 5) is 22.6. The van der Waals surface area contributed by atoms with Gasteiger partial charge in [-0.3, -0.25) is 9.78 Å². The van der Waals surface area contributed by atoms with Gasteiger partial charge in [0.25, 0.3) is 5.91 Å². The number of hydrogen-bond acceptors (Lipinski definition) is 5. The van der Waals surface area contributed by atoms with E-state index in [-0.39, 0.29) is 36.9 Å². The van der Waals surface area contributed by atoms with Crippen LogP contribution in [-0.2, 0) is 24.1 Å². The average Bonchev–Trinajstić information content (AvgIpc) is 3.52. The number of hydrogen-bond donors (Lipinski definition) is 1. The van der Waals surface area contributed by atoms with Crippen molar-refractivity contribution in [3.63, 3.8) is 0 Å². The van der Waals surface area contributed by atoms with Gasteiger partial charge in [0.15, 0.2) is 0 Å². The molecule has 0 radical (unpaired) electrons. The Balaban J connectivity index is 1.50. The largest absolute Gasteiger partial charge is 0.417 e. The third kappa shape index (κ3) is 4.34. The summed E-state index contributed by atoms with van der Waals surface area (Å²) in [5.74, 6) is -2.09. The van der Waals surface area contributed by atoms with Gasteiger partial charge in [-0.2, -0.15) is 26.3 Å². The summed E-state index contributed by atoms with van der Waals surface area (Å²) in [7, 11) is 0. The number of fused-ring (bicyclic) bond motifs is 3. The van der Waals surface area contributed by atoms with Crippen LogP contribution in [0.2, 0.25) is 0 Å². The van der Waals surface area contributed by atoms with E-state index in [4.69, 9.17) is 10.5 Å². The van der Waals surface area contributed by atoms with Crippen molar-refractivity contribution in [1.29, 1.82) is 0 Å². The molecule has 3 aromatic rings. The number of anilines is 1. The number of nitrogen functional groups attached to an aromatic ring is 1. The number of nitrogens with two attached hydrogens (primary N) is 1. The predicted molar refractivity (Wildman–Crippen MR) is 116 cm³/mol. The van der Waals surface area contributed by atoms with Crippen LogP contribution in [0.25, 0.3) is 10.9 Å². The van der Waals surface area contributed by atoms with Crippen LogP contribution in [0.3, 0.4) is 0 Å². The molecular weight excluding hydrogens is 490 g/mol. The van der Waals surface area contributed by atoms with Crippen LogP contribution >= 0.6 is 0 Å². The third-order valence-corrected chi connectivity index (χ3v) is 6.62. The number of ether oxygens (including phenoxy) is 1. The number of nitrogens with zero attached hydrogens (tertiary/aromatic N) is 3. The fraction of sp³-hybridized carbons (Fsp3) is 0.375. The molecule has 2 N–H and O–H groups in total. The van der Waals surface area contributed by atoms with E-state index in [9.17, 15) is 31.1 Å². The number of amides is 1. The zero-order chi connectivity index (χ0) is 26.0. The molecule has 3 heterocycles. The molecule has 1 fully saturated rings. The van der Waals surface area contributed by atoms with E-state index in [0.717, 1.165) is 22.6 Å². The lowest BCUT2D eigenvalue weighted by Gasteiger charge is -2.24. The molecule has 2 aromatic heterocycles. The second kappa shape index (κ2) is 8.32. The van der Waals surface area contributed by atoms with E-state index in [0.29, 0.717) is 28.5 Å². The number of benzene rings is 1. The van der Waals surface area contributed by atoms with Crippen molar-refractivity contribution in [2.24, 2.45) is 5.92 Å². The van der Waals surface area contributed by atoms with Gasteiger partial charge in [-0.15, -0.1) is 0 Å². The molecule has 0 unspecified atom stereocenters. The normalized spacial score (nSPS) is 21.5. The minimum atomic E-state index is -4.61. The van der Waals surface area contributed by atoms with Crippen molar-refractivity contribution in [2.45, 2.75) is 51.0 Å². The summed E-state index contributed by atoms with van der Waals surface area (Å²) in [5.41, 5.74) is 7.20. The first-order valence-electron chi connectivity index (χ1n) is 11.1. The lowest BCUT2D eigenvalue weighted by molar-refractivity contribution is -0.151. The number of aromatic nitrogens is 2. The summed E-state index contributed by atoms with van der Waals surface area (Å²) in [6.07, 6.45) is -9.10. The predicted octanol–water partition coefficient (Wildman–Crippen LogP) is 5.42. The number of pyridine rings is 2. The summed E-state index contributed by atoms with van der Waals surface area (Å²) >= 11 is 0. The molecule has 3 atom stereocenters. The molecule has 1 saturated carbocycles. The third-order valence-electron chi connectivity index (χ3n) is 6.62. The van der Waals surface area contributed by atoms with E-state index in [1.807, 2.05) is 6.92 Å². The fourth-order valence-electron chi connectivity index (χ4n) is 4.64. The SMILES string of the molecule is C[C@@H]1OCc2c1c(N)nc1ccc(C(=O)N(Cc3ccc(C(F)(F)F)cn3)[C@@H]3C[C@H]3C(F)(F)F)cc21. The van der Waals surface area contributed by atoms with Gasteiger partial charge in [0, 0.05) is 28.8 Å². The molecule has 36 heavy (non-hydrogen) atoms. The van der Waals surface area contributed by atoms with Crippen molar-refractivity contribution in [3.8, 4) is 0 Å². The van der Waals surface area contributed by atoms with Crippen LogP contribution in [0.5, 0.6) is 0 Å². The van der Waals surface area contributed by atoms with Crippen LogP contribution in [0.15, 0.2) is 36.5 Å². The van der Waals surface area contributed by atoms with Gasteiger partial charge in [0.05, 0.1) is 41.9 Å². The van der Waals surface area contributed by atoms with E-state index >= 15 is 0 Å². The van der Waals surface area contributed by atoms with Gasteiger partial charge < -0.3 is 15.4 Å². The standard InChI is InChI=1S/C24H20F6N4O2/c1-11-20-16(10-36-11)15-6-12(2-5-18(15)33-21(20)31)22(35)34(19-7-17(19)24(28,29)30)9-14-4-3-13(8-32-14)23(25,26)27/h2-6,8,11,17,19H,7,9-10H2,1H3,(H2,31,33)/t11-,17+,19+/m0/s1. The zero-order valence-electron chi connectivity index (χ0n) is 18.8. The number of carbonyl (C=O) groups excluding carboxylic acids is 1. The number of carbonyl (C=O) groups is 1. The van der Waals surface area contributed by atoms with Crippen LogP contribution in [0, 0.1) is 5.92 Å². The molecule has 12 heteroatoms. The van der Waals surface area contributed by atoms with Crippen molar-refractivity contribution in [3.05, 3.63) is 64.5 Å². The maximum absolute atomic E-state index is 13.5. The molecule has 1 aliphatic carbocycles. The molecule has 1 amide bonds. The highest BCUT2D eigenvalue weighted by Gasteiger charge is 2.59. The van der Waals surface area contributed by atoms with Gasteiger partial charge in [-0.05, 0) is 49.2 Å². The Hall–Kier alpha value is -3.41. The first-order valence-corrected chi connectivity index (χ1v) is 11.1. The van der Waals surface area contributed by atoms with Crippen molar-refractivity contribution >= 4 is 22.6 Å². The Morgan fingerprint density at radius 1 is 1.17 bits per heavy atom. The van der Waals surface area contributed by atoms with Crippen molar-refractivity contribution in [1.82, 2.24) is 14.9 Å². The minimum absolute atomic E-state index is 0.0440. The van der Waals surface area contributed by atoms with Crippen LogP contribution < -0.4 is 5.73 Å². The van der Waals surface area contributed by atoms with Gasteiger partial charge in [0.1, 0.15) is 5.82 Å². The molecule has 0 saturated heterocycles. The van der Waals surface area contributed by atoms with Gasteiger partial charge >= 0.3 is 12.4 Å². The molecule has 1 aromatic carbocycles. The topological polar surface area (TPSA) is 81.3 Å². The first kappa shape index (κ1) is 24.3. The Labute approximate surface area is 201 Å². The minimum Gasteiger partial charge on any atom is -0.383 e. The number of rotatable bonds is 4. The summed E-state index contributed by atoms with van der Waals surface area (Å²) in [5, 5.41) is 0.602. The summed E-state index contributed by atoms with van der Waals surface area (Å²) in [6.45, 7) is 1.69. The summed E-state index contributed by atoms with van der Waals surface area (Å²) in [6, 6.07) is 5.26. The first-order chi connectivity index (χ1) is 16.8. The fourth-order valence-corrected chi connectivity index (χ4v) is 4.64. The van der Waals surface area contributed by atoms with Crippen molar-refractivity contribution < 1.29 is 35.9 Å². The number of halogens is 6. The Bertz CT molecular complexity index is 1340. The lowest BCUT2D eigenvalue weighted by atomic mass is 10.00. The smallest absolute Gasteiger partial charge is 0.383 e. The molecular formula is C24H20F6N4O2. The summed E-state index contributed by atoms with van der Waals surface area (Å²) < 4.78 is 84.3. The van der Waals surface area contributed by atoms with Gasteiger partial charge in [0.2, 0.25) is 0 Å². The Kier molecular flexibility index (Phi) is 5.62. The second-order valence-corrected chi connectivity index (χ2v) is 8.99. The van der Waals surface area contributed by atoms with E-state index in [1.165, 1.54) is 6.07 Å². The molecule has 0 spiro atoms. The lowest BCUT2D eigenvalue weighted by Crippen LogP contribution is -2.35. The van der Waals surface area contributed by atoms with Crippen LogP contribution in [-0.4, -0.2) is 33.0 Å². The Morgan fingerprint density at radius 2 is 1.92 bits per heavy atom. The van der Waals surface area contributed by atoms with E-state index in [2.05, 4.69) is 9.97 Å². The molecule has 2 aliphatic rings. The van der Waals surface area contributed by atoms with E-state index < -0.39 is 35.8 Å². The second-order valence-electron chi connectivity index (χ2n) is 8.99. The van der Waals surface area contributed by atoms with Crippen LogP contribution in [0.4, 0.5) is 32.2 Å². The Morgan fingerprint density at radius 3 is 2.53 bits per heavy atom. The van der Waals surface area contributed by atoms with Crippen LogP contribution in [0.1, 0.15) is 52.2 Å². The molecule has 0 bridgehead atoms. The quantitative estimate of drug-likeness (QED) is 0.475. The van der Waals surface area contributed by atoms with E-state index in [1.54, 1.807) is 12.1 Å². The monoisotopic (exact) mass is 510 g/mol.